The van der Waals surface area contributed by atoms with Crippen LogP contribution >= 0.6 is 11.6 Å². The molecule has 1 aromatic heterocycles. The largest absolute Gasteiger partial charge is 0.322 e. The van der Waals surface area contributed by atoms with E-state index < -0.39 is 0 Å². The van der Waals surface area contributed by atoms with Crippen molar-refractivity contribution in [2.75, 3.05) is 0 Å². The SMILES string of the molecule is CCC(C)C(N)c1nc2cccc(Cl)c2n1C1CC1. The third-order valence-electron chi connectivity index (χ3n) is 4.16. The molecule has 1 aliphatic carbocycles. The summed E-state index contributed by atoms with van der Waals surface area (Å²) in [5.41, 5.74) is 8.42. The summed E-state index contributed by atoms with van der Waals surface area (Å²) >= 11 is 6.36. The lowest BCUT2D eigenvalue weighted by Crippen LogP contribution is -2.22. The van der Waals surface area contributed by atoms with Gasteiger partial charge in [0.15, 0.2) is 0 Å². The van der Waals surface area contributed by atoms with Crippen molar-refractivity contribution in [3.63, 3.8) is 0 Å². The fourth-order valence-electron chi connectivity index (χ4n) is 2.57. The van der Waals surface area contributed by atoms with E-state index in [1.54, 1.807) is 0 Å². The van der Waals surface area contributed by atoms with Gasteiger partial charge in [-0.1, -0.05) is 37.9 Å². The van der Waals surface area contributed by atoms with Crippen LogP contribution in [-0.4, -0.2) is 9.55 Å². The Morgan fingerprint density at radius 1 is 1.47 bits per heavy atom. The van der Waals surface area contributed by atoms with Gasteiger partial charge in [-0.25, -0.2) is 4.98 Å². The van der Waals surface area contributed by atoms with E-state index >= 15 is 0 Å². The minimum atomic E-state index is -0.0194. The van der Waals surface area contributed by atoms with E-state index in [1.165, 1.54) is 12.8 Å². The van der Waals surface area contributed by atoms with Crippen molar-refractivity contribution in [3.8, 4) is 0 Å². The fourth-order valence-corrected chi connectivity index (χ4v) is 2.83. The smallest absolute Gasteiger partial charge is 0.127 e. The highest BCUT2D eigenvalue weighted by molar-refractivity contribution is 6.35. The molecule has 2 N–H and O–H groups in total. The Kier molecular flexibility index (Phi) is 3.27. The van der Waals surface area contributed by atoms with Gasteiger partial charge in [0.1, 0.15) is 5.82 Å². The van der Waals surface area contributed by atoms with Crippen LogP contribution in [0.1, 0.15) is 51.0 Å². The number of para-hydroxylation sites is 1. The van der Waals surface area contributed by atoms with Crippen molar-refractivity contribution in [1.29, 1.82) is 0 Å². The summed E-state index contributed by atoms with van der Waals surface area (Å²) in [6, 6.07) is 6.42. The standard InChI is InChI=1S/C15H20ClN3/c1-3-9(2)13(17)15-18-12-6-4-5-11(16)14(12)19(15)10-7-8-10/h4-6,9-10,13H,3,7-8,17H2,1-2H3. The Morgan fingerprint density at radius 3 is 2.84 bits per heavy atom. The quantitative estimate of drug-likeness (QED) is 0.915. The van der Waals surface area contributed by atoms with E-state index in [-0.39, 0.29) is 6.04 Å². The van der Waals surface area contributed by atoms with Gasteiger partial charge in [0.2, 0.25) is 0 Å². The number of hydrogen-bond donors (Lipinski definition) is 1. The van der Waals surface area contributed by atoms with Gasteiger partial charge in [-0.15, -0.1) is 0 Å². The summed E-state index contributed by atoms with van der Waals surface area (Å²) in [4.78, 5) is 4.76. The van der Waals surface area contributed by atoms with Crippen LogP contribution in [0, 0.1) is 5.92 Å². The van der Waals surface area contributed by atoms with Crippen LogP contribution in [0.15, 0.2) is 18.2 Å². The van der Waals surface area contributed by atoms with Crippen molar-refractivity contribution >= 4 is 22.6 Å². The van der Waals surface area contributed by atoms with Gasteiger partial charge in [0, 0.05) is 6.04 Å². The van der Waals surface area contributed by atoms with Crippen LogP contribution in [0.2, 0.25) is 5.02 Å². The highest BCUT2D eigenvalue weighted by Crippen LogP contribution is 2.42. The zero-order valence-electron chi connectivity index (χ0n) is 11.4. The van der Waals surface area contributed by atoms with Crippen LogP contribution in [0.25, 0.3) is 11.0 Å². The molecule has 0 radical (unpaired) electrons. The lowest BCUT2D eigenvalue weighted by Gasteiger charge is -2.19. The minimum absolute atomic E-state index is 0.0194. The van der Waals surface area contributed by atoms with Crippen molar-refractivity contribution in [1.82, 2.24) is 9.55 Å². The summed E-state index contributed by atoms with van der Waals surface area (Å²) in [6.45, 7) is 4.35. The molecule has 1 aliphatic rings. The van der Waals surface area contributed by atoms with E-state index in [2.05, 4.69) is 18.4 Å². The number of fused-ring (bicyclic) bond motifs is 1. The maximum atomic E-state index is 6.40. The first-order valence-corrected chi connectivity index (χ1v) is 7.43. The maximum absolute atomic E-state index is 6.40. The van der Waals surface area contributed by atoms with Crippen molar-refractivity contribution < 1.29 is 0 Å². The fraction of sp³-hybridized carbons (Fsp3) is 0.533. The van der Waals surface area contributed by atoms with Crippen LogP contribution in [0.5, 0.6) is 0 Å². The normalized spacial score (nSPS) is 18.7. The molecule has 0 spiro atoms. The minimum Gasteiger partial charge on any atom is -0.322 e. The second kappa shape index (κ2) is 4.80. The first-order chi connectivity index (χ1) is 9.13. The molecule has 1 fully saturated rings. The summed E-state index contributed by atoms with van der Waals surface area (Å²) < 4.78 is 2.29. The predicted molar refractivity (Wildman–Crippen MR) is 79.4 cm³/mol. The summed E-state index contributed by atoms with van der Waals surface area (Å²) in [5, 5.41) is 0.777. The average molecular weight is 278 g/mol. The van der Waals surface area contributed by atoms with Crippen LogP contribution in [0.3, 0.4) is 0 Å². The number of halogens is 1. The molecule has 1 saturated carbocycles. The molecule has 0 amide bonds. The molecule has 0 bridgehead atoms. The number of imidazole rings is 1. The van der Waals surface area contributed by atoms with Crippen molar-refractivity contribution in [2.24, 2.45) is 11.7 Å². The highest BCUT2D eigenvalue weighted by atomic mass is 35.5. The van der Waals surface area contributed by atoms with E-state index in [4.69, 9.17) is 22.3 Å². The predicted octanol–water partition coefficient (Wildman–Crippen LogP) is 4.07. The Bertz CT molecular complexity index is 601. The van der Waals surface area contributed by atoms with Crippen molar-refractivity contribution in [3.05, 3.63) is 29.0 Å². The molecule has 3 rings (SSSR count). The van der Waals surface area contributed by atoms with Gasteiger partial charge in [-0.05, 0) is 30.9 Å². The number of benzene rings is 1. The van der Waals surface area contributed by atoms with E-state index in [0.717, 1.165) is 28.3 Å². The topological polar surface area (TPSA) is 43.8 Å². The highest BCUT2D eigenvalue weighted by Gasteiger charge is 2.31. The first-order valence-electron chi connectivity index (χ1n) is 7.05. The Balaban J connectivity index is 2.18. The third kappa shape index (κ3) is 2.15. The third-order valence-corrected chi connectivity index (χ3v) is 4.46. The molecule has 2 aromatic rings. The van der Waals surface area contributed by atoms with Gasteiger partial charge in [0.05, 0.1) is 22.1 Å². The number of hydrogen-bond acceptors (Lipinski definition) is 2. The molecular formula is C15H20ClN3. The maximum Gasteiger partial charge on any atom is 0.127 e. The first kappa shape index (κ1) is 12.9. The number of nitrogens with two attached hydrogens (primary N) is 1. The second-order valence-corrected chi connectivity index (χ2v) is 6.00. The summed E-state index contributed by atoms with van der Waals surface area (Å²) in [6.07, 6.45) is 3.47. The molecule has 2 atom stereocenters. The summed E-state index contributed by atoms with van der Waals surface area (Å²) in [7, 11) is 0. The van der Waals surface area contributed by atoms with Crippen LogP contribution < -0.4 is 5.73 Å². The zero-order chi connectivity index (χ0) is 13.6. The Hall–Kier alpha value is -1.06. The lowest BCUT2D eigenvalue weighted by molar-refractivity contribution is 0.425. The van der Waals surface area contributed by atoms with Gasteiger partial charge in [0.25, 0.3) is 0 Å². The molecule has 1 aromatic carbocycles. The summed E-state index contributed by atoms with van der Waals surface area (Å²) in [5.74, 6) is 1.42. The van der Waals surface area contributed by atoms with E-state index in [1.807, 2.05) is 18.2 Å². The number of nitrogens with zero attached hydrogens (tertiary/aromatic N) is 2. The lowest BCUT2D eigenvalue weighted by atomic mass is 9.99. The molecule has 1 heterocycles. The molecule has 0 aliphatic heterocycles. The molecule has 2 unspecified atom stereocenters. The van der Waals surface area contributed by atoms with E-state index in [0.29, 0.717) is 12.0 Å². The van der Waals surface area contributed by atoms with Gasteiger partial charge < -0.3 is 10.3 Å². The van der Waals surface area contributed by atoms with Gasteiger partial charge >= 0.3 is 0 Å². The van der Waals surface area contributed by atoms with E-state index in [9.17, 15) is 0 Å². The Morgan fingerprint density at radius 2 is 2.21 bits per heavy atom. The van der Waals surface area contributed by atoms with Gasteiger partial charge in [-0.3, -0.25) is 0 Å². The van der Waals surface area contributed by atoms with Crippen molar-refractivity contribution in [2.45, 2.75) is 45.2 Å². The van der Waals surface area contributed by atoms with Crippen LogP contribution in [-0.2, 0) is 0 Å². The zero-order valence-corrected chi connectivity index (χ0v) is 12.2. The number of aromatic nitrogens is 2. The second-order valence-electron chi connectivity index (χ2n) is 5.59. The molecule has 19 heavy (non-hydrogen) atoms. The average Bonchev–Trinajstić information content (AvgIpc) is 3.17. The monoisotopic (exact) mass is 277 g/mol. The molecular weight excluding hydrogens is 258 g/mol. The number of rotatable bonds is 4. The Labute approximate surface area is 118 Å². The molecule has 4 heteroatoms. The molecule has 0 saturated heterocycles. The molecule has 3 nitrogen and oxygen atoms in total. The van der Waals surface area contributed by atoms with Crippen LogP contribution in [0.4, 0.5) is 0 Å². The van der Waals surface area contributed by atoms with Gasteiger partial charge in [-0.2, -0.15) is 0 Å². The molecule has 102 valence electrons.